The van der Waals surface area contributed by atoms with E-state index in [1.165, 1.54) is 25.2 Å². The number of hydrogen-bond donors (Lipinski definition) is 6. The predicted molar refractivity (Wildman–Crippen MR) is 142 cm³/mol. The number of hydrogen-bond acceptors (Lipinski definition) is 11. The minimum atomic E-state index is -2.81. The van der Waals surface area contributed by atoms with Crippen molar-refractivity contribution in [1.82, 2.24) is 9.88 Å². The van der Waals surface area contributed by atoms with Gasteiger partial charge in [0, 0.05) is 34.7 Å². The first-order valence-electron chi connectivity index (χ1n) is 11.7. The molecule has 2 aromatic rings. The van der Waals surface area contributed by atoms with Crippen LogP contribution in [0.25, 0.3) is 5.76 Å². The number of anilines is 1. The molecule has 7 N–H and O–H groups in total. The quantitative estimate of drug-likeness (QED) is 0.221. The zero-order chi connectivity index (χ0) is 28.5. The van der Waals surface area contributed by atoms with Gasteiger partial charge in [0.05, 0.1) is 17.3 Å². The molecule has 0 unspecified atom stereocenters. The lowest BCUT2D eigenvalue weighted by Crippen LogP contribution is -2.65. The third-order valence-electron chi connectivity index (χ3n) is 7.54. The second-order valence-electron chi connectivity index (χ2n) is 9.86. The molecule has 0 saturated heterocycles. The number of aliphatic hydroxyl groups excluding tert-OH is 2. The van der Waals surface area contributed by atoms with Crippen molar-refractivity contribution in [1.29, 1.82) is 0 Å². The number of aromatic hydroxyl groups is 1. The Balaban J connectivity index is 0.00000370. The van der Waals surface area contributed by atoms with Gasteiger partial charge in [-0.1, -0.05) is 0 Å². The second kappa shape index (κ2) is 9.96. The number of primary amides is 1. The van der Waals surface area contributed by atoms with Gasteiger partial charge in [0.15, 0.2) is 22.1 Å². The van der Waals surface area contributed by atoms with E-state index in [9.17, 15) is 39.6 Å². The molecule has 4 atom stereocenters. The molecule has 0 radical (unpaired) electrons. The summed E-state index contributed by atoms with van der Waals surface area (Å²) >= 11 is 1.00. The number of benzene rings is 1. The van der Waals surface area contributed by atoms with E-state index < -0.39 is 92.3 Å². The molecule has 5 rings (SSSR count). The Morgan fingerprint density at radius 3 is 2.50 bits per heavy atom. The molecule has 3 aliphatic carbocycles. The number of halogens is 2. The summed E-state index contributed by atoms with van der Waals surface area (Å²) in [5.41, 5.74) is 0.105. The van der Waals surface area contributed by atoms with Gasteiger partial charge in [0.1, 0.15) is 22.9 Å². The largest absolute Gasteiger partial charge is 0.508 e. The number of amides is 2. The first-order valence-corrected chi connectivity index (χ1v) is 12.6. The number of thiazole rings is 1. The summed E-state index contributed by atoms with van der Waals surface area (Å²) in [4.78, 5) is 56.6. The van der Waals surface area contributed by atoms with E-state index in [-0.39, 0.29) is 35.8 Å². The fourth-order valence-electron chi connectivity index (χ4n) is 5.87. The molecule has 0 spiro atoms. The highest BCUT2D eigenvalue weighted by Gasteiger charge is 2.64. The van der Waals surface area contributed by atoms with Gasteiger partial charge in [-0.25, -0.2) is 9.37 Å². The fraction of sp³-hybridized carbons (Fsp3) is 0.320. The number of nitrogens with two attached hydrogens (primary N) is 1. The molecule has 1 aromatic heterocycles. The van der Waals surface area contributed by atoms with Crippen molar-refractivity contribution in [2.75, 3.05) is 19.4 Å². The standard InChI is InChI=1S/C25H23FN4O8S.ClH/c1-30(2)16-10-6-8-5-9-11(26)7-12(29-23(37)24-28-3-4-39-24)17(31)14(9)18(32)13(8)20(34)25(10,38)21(35)15(19(16)33)22(27)36;/h3-4,7-8,10,16,31-32,35,38H,5-6H2,1-2H3,(H2,27,36)(H,29,37);1H/t8-,10-,16-,25-;/m0./s1. The summed E-state index contributed by atoms with van der Waals surface area (Å²) in [6, 6.07) is -0.372. The summed E-state index contributed by atoms with van der Waals surface area (Å²) in [7, 11) is 2.96. The van der Waals surface area contributed by atoms with Crippen LogP contribution in [0.5, 0.6) is 5.75 Å². The molecule has 1 aromatic carbocycles. The number of ketones is 2. The number of Topliss-reactive ketones (excluding diaryl/α,β-unsaturated/α-hetero) is 2. The molecule has 2 amide bonds. The number of rotatable bonds is 4. The van der Waals surface area contributed by atoms with E-state index in [0.29, 0.717) is 0 Å². The van der Waals surface area contributed by atoms with Crippen LogP contribution in [0.15, 0.2) is 34.5 Å². The van der Waals surface area contributed by atoms with Crippen LogP contribution in [0, 0.1) is 17.7 Å². The number of nitrogens with one attached hydrogen (secondary N) is 1. The monoisotopic (exact) mass is 594 g/mol. The molecular formula is C25H24ClFN4O8S. The summed E-state index contributed by atoms with van der Waals surface area (Å²) < 4.78 is 15.3. The van der Waals surface area contributed by atoms with Crippen molar-refractivity contribution in [2.24, 2.45) is 17.6 Å². The lowest BCUT2D eigenvalue weighted by Gasteiger charge is -2.50. The lowest BCUT2D eigenvalue weighted by atomic mass is 9.57. The van der Waals surface area contributed by atoms with Crippen molar-refractivity contribution in [2.45, 2.75) is 24.5 Å². The van der Waals surface area contributed by atoms with Crippen molar-refractivity contribution >= 4 is 58.6 Å². The molecular weight excluding hydrogens is 571 g/mol. The minimum absolute atomic E-state index is 0. The van der Waals surface area contributed by atoms with Crippen LogP contribution in [0.1, 0.15) is 27.3 Å². The number of aliphatic hydroxyl groups is 3. The van der Waals surface area contributed by atoms with Gasteiger partial charge in [-0.3, -0.25) is 24.1 Å². The zero-order valence-corrected chi connectivity index (χ0v) is 22.6. The van der Waals surface area contributed by atoms with E-state index in [1.54, 1.807) is 5.38 Å². The molecule has 212 valence electrons. The van der Waals surface area contributed by atoms with Gasteiger partial charge < -0.3 is 31.5 Å². The van der Waals surface area contributed by atoms with E-state index in [1.807, 2.05) is 0 Å². The van der Waals surface area contributed by atoms with Crippen LogP contribution >= 0.6 is 23.7 Å². The summed E-state index contributed by atoms with van der Waals surface area (Å²) in [5, 5.41) is 48.5. The molecule has 1 saturated carbocycles. The van der Waals surface area contributed by atoms with E-state index >= 15 is 4.39 Å². The van der Waals surface area contributed by atoms with Crippen molar-refractivity contribution in [3.63, 3.8) is 0 Å². The van der Waals surface area contributed by atoms with Crippen LogP contribution in [-0.2, 0) is 20.8 Å². The highest BCUT2D eigenvalue weighted by molar-refractivity contribution is 7.11. The maximum Gasteiger partial charge on any atom is 0.284 e. The summed E-state index contributed by atoms with van der Waals surface area (Å²) in [6.45, 7) is 0. The lowest BCUT2D eigenvalue weighted by molar-refractivity contribution is -0.153. The van der Waals surface area contributed by atoms with Crippen LogP contribution in [0.3, 0.4) is 0 Å². The van der Waals surface area contributed by atoms with Gasteiger partial charge in [-0.05, 0) is 32.9 Å². The van der Waals surface area contributed by atoms with Crippen LogP contribution < -0.4 is 11.1 Å². The van der Waals surface area contributed by atoms with Crippen LogP contribution in [-0.4, -0.2) is 79.4 Å². The summed E-state index contributed by atoms with van der Waals surface area (Å²) in [5.74, 6) is -10.1. The Bertz CT molecular complexity index is 1540. The number of nitrogens with zero attached hydrogens (tertiary/aromatic N) is 2. The van der Waals surface area contributed by atoms with Crippen LogP contribution in [0.2, 0.25) is 0 Å². The van der Waals surface area contributed by atoms with E-state index in [2.05, 4.69) is 10.3 Å². The van der Waals surface area contributed by atoms with Gasteiger partial charge in [-0.2, -0.15) is 0 Å². The second-order valence-corrected chi connectivity index (χ2v) is 10.8. The first kappa shape index (κ1) is 29.1. The normalized spacial score (nSPS) is 25.7. The molecule has 12 nitrogen and oxygen atoms in total. The molecule has 1 fully saturated rings. The average Bonchev–Trinajstić information content (AvgIpc) is 3.39. The van der Waals surface area contributed by atoms with Crippen molar-refractivity contribution < 1.29 is 44.0 Å². The maximum absolute atomic E-state index is 15.3. The smallest absolute Gasteiger partial charge is 0.284 e. The van der Waals surface area contributed by atoms with Crippen LogP contribution in [0.4, 0.5) is 10.1 Å². The minimum Gasteiger partial charge on any atom is -0.508 e. The fourth-order valence-corrected chi connectivity index (χ4v) is 6.40. The van der Waals surface area contributed by atoms with Gasteiger partial charge in [-0.15, -0.1) is 23.7 Å². The highest BCUT2D eigenvalue weighted by atomic mass is 35.5. The van der Waals surface area contributed by atoms with E-state index in [0.717, 1.165) is 17.4 Å². The Kier molecular flexibility index (Phi) is 7.26. The third kappa shape index (κ3) is 3.98. The van der Waals surface area contributed by atoms with Crippen molar-refractivity contribution in [3.8, 4) is 5.75 Å². The molecule has 3 aliphatic rings. The first-order chi connectivity index (χ1) is 18.3. The molecule has 40 heavy (non-hydrogen) atoms. The molecule has 0 aliphatic heterocycles. The molecule has 15 heteroatoms. The van der Waals surface area contributed by atoms with E-state index in [4.69, 9.17) is 5.73 Å². The predicted octanol–water partition coefficient (Wildman–Crippen LogP) is 1.23. The third-order valence-corrected chi connectivity index (χ3v) is 8.31. The van der Waals surface area contributed by atoms with Crippen molar-refractivity contribution in [3.05, 3.63) is 56.5 Å². The molecule has 1 heterocycles. The molecule has 0 bridgehead atoms. The number of phenols is 1. The number of carbonyl (C=O) groups excluding carboxylic acids is 4. The average molecular weight is 595 g/mol. The summed E-state index contributed by atoms with van der Waals surface area (Å²) in [6.07, 6.45) is 0.992. The maximum atomic E-state index is 15.3. The topological polar surface area (TPSA) is 203 Å². The van der Waals surface area contributed by atoms with Gasteiger partial charge in [0.2, 0.25) is 5.78 Å². The Hall–Kier alpha value is -3.85. The SMILES string of the molecule is CN(C)[C@@H]1C(=O)C(C(N)=O)=C(O)[C@@]2(O)C(=O)C3=C(O)c4c(O)c(NC(=O)c5nccs5)cc(F)c4C[C@H]3C[C@@H]12.Cl. The highest BCUT2D eigenvalue weighted by Crippen LogP contribution is 2.53. The zero-order valence-electron chi connectivity index (χ0n) is 21.0. The van der Waals surface area contributed by atoms with Gasteiger partial charge >= 0.3 is 0 Å². The number of fused-ring (bicyclic) bond motifs is 3. The number of likely N-dealkylation sites (N-methyl/N-ethyl adjacent to an activating group) is 1. The Morgan fingerprint density at radius 1 is 1.25 bits per heavy atom. The Morgan fingerprint density at radius 2 is 1.93 bits per heavy atom. The Labute approximate surface area is 236 Å². The number of carbonyl (C=O) groups is 4. The number of phenolic OH excluding ortho intramolecular Hbond substituents is 1. The number of aromatic nitrogens is 1. The van der Waals surface area contributed by atoms with Gasteiger partial charge in [0.25, 0.3) is 11.8 Å².